The Morgan fingerprint density at radius 2 is 0.810 bits per heavy atom. The minimum absolute atomic E-state index is 0.663. The van der Waals surface area contributed by atoms with E-state index in [0.29, 0.717) is 5.82 Å². The van der Waals surface area contributed by atoms with Crippen molar-refractivity contribution in [2.45, 2.75) is 0 Å². The summed E-state index contributed by atoms with van der Waals surface area (Å²) in [7, 11) is 0. The quantitative estimate of drug-likeness (QED) is 0.151. The largest absolute Gasteiger partial charge is 0.309 e. The van der Waals surface area contributed by atoms with Gasteiger partial charge in [0.1, 0.15) is 0 Å². The van der Waals surface area contributed by atoms with Crippen molar-refractivity contribution in [3.63, 3.8) is 0 Å². The maximum atomic E-state index is 5.36. The van der Waals surface area contributed by atoms with Gasteiger partial charge < -0.3 is 4.57 Å². The zero-order valence-electron chi connectivity index (χ0n) is 34.2. The highest BCUT2D eigenvalue weighted by Crippen LogP contribution is 2.43. The zero-order chi connectivity index (χ0) is 41.7. The van der Waals surface area contributed by atoms with Gasteiger partial charge in [0.25, 0.3) is 0 Å². The summed E-state index contributed by atoms with van der Waals surface area (Å²) in [6, 6.07) is 81.4. The standard InChI is InChI=1S/C59H38N4/c1-4-16-39(17-5-1)43-20-14-22-45(36-43)52-38-53(46-23-15-21-44(37-46)40-18-6-2-7-19-40)62-59(61-52)42-32-30-41(31-33-42)58-50-34-35-55-57(56(50)48-26-10-12-28-51(48)60-58)49-27-11-13-29-54(49)63(55)47-24-8-3-9-25-47/h1-38H. The smallest absolute Gasteiger partial charge is 0.160 e. The first-order valence-corrected chi connectivity index (χ1v) is 21.4. The summed E-state index contributed by atoms with van der Waals surface area (Å²) < 4.78 is 2.38. The molecule has 0 saturated carbocycles. The van der Waals surface area contributed by atoms with Gasteiger partial charge in [0.2, 0.25) is 0 Å². The van der Waals surface area contributed by atoms with E-state index in [0.717, 1.165) is 83.6 Å². The molecule has 0 N–H and O–H groups in total. The minimum Gasteiger partial charge on any atom is -0.309 e. The van der Waals surface area contributed by atoms with E-state index in [9.17, 15) is 0 Å². The van der Waals surface area contributed by atoms with E-state index in [1.807, 2.05) is 12.1 Å². The van der Waals surface area contributed by atoms with Crippen LogP contribution in [-0.4, -0.2) is 19.5 Å². The number of fused-ring (bicyclic) bond motifs is 7. The highest BCUT2D eigenvalue weighted by molar-refractivity contribution is 6.29. The van der Waals surface area contributed by atoms with E-state index >= 15 is 0 Å². The lowest BCUT2D eigenvalue weighted by Crippen LogP contribution is -1.97. The van der Waals surface area contributed by atoms with Crippen molar-refractivity contribution in [3.8, 4) is 73.1 Å². The number of hydrogen-bond donors (Lipinski definition) is 0. The van der Waals surface area contributed by atoms with Crippen molar-refractivity contribution in [2.75, 3.05) is 0 Å². The van der Waals surface area contributed by atoms with Gasteiger partial charge in [0.05, 0.1) is 33.6 Å². The van der Waals surface area contributed by atoms with Crippen LogP contribution < -0.4 is 0 Å². The van der Waals surface area contributed by atoms with Crippen molar-refractivity contribution in [2.24, 2.45) is 0 Å². The molecule has 0 saturated heterocycles. The second-order valence-corrected chi connectivity index (χ2v) is 16.0. The molecule has 0 aliphatic carbocycles. The Bertz CT molecular complexity index is 3550. The number of nitrogens with zero attached hydrogens (tertiary/aromatic N) is 4. The first-order valence-electron chi connectivity index (χ1n) is 21.4. The fraction of sp³-hybridized carbons (Fsp3) is 0. The predicted molar refractivity (Wildman–Crippen MR) is 262 cm³/mol. The monoisotopic (exact) mass is 802 g/mol. The first-order chi connectivity index (χ1) is 31.2. The fourth-order valence-corrected chi connectivity index (χ4v) is 9.20. The second-order valence-electron chi connectivity index (χ2n) is 16.0. The van der Waals surface area contributed by atoms with Crippen LogP contribution in [-0.2, 0) is 0 Å². The fourth-order valence-electron chi connectivity index (χ4n) is 9.20. The van der Waals surface area contributed by atoms with E-state index in [-0.39, 0.29) is 0 Å². The van der Waals surface area contributed by atoms with Gasteiger partial charge in [-0.3, -0.25) is 0 Å². The SMILES string of the molecule is c1ccc(-c2cccc(-c3cc(-c4cccc(-c5ccccc5)c4)nc(-c4ccc(-c5nc6ccccc6c6c5ccc5c6c6ccccc6n5-c5ccccc5)cc4)n3)c2)cc1. The van der Waals surface area contributed by atoms with Gasteiger partial charge in [0.15, 0.2) is 5.82 Å². The van der Waals surface area contributed by atoms with Crippen LogP contribution in [0.25, 0.3) is 117 Å². The van der Waals surface area contributed by atoms with Gasteiger partial charge in [-0.2, -0.15) is 0 Å². The van der Waals surface area contributed by atoms with E-state index < -0.39 is 0 Å². The van der Waals surface area contributed by atoms with Gasteiger partial charge in [-0.15, -0.1) is 0 Å². The van der Waals surface area contributed by atoms with Gasteiger partial charge in [-0.25, -0.2) is 15.0 Å². The van der Waals surface area contributed by atoms with E-state index in [1.165, 1.54) is 27.2 Å². The average molecular weight is 803 g/mol. The summed E-state index contributed by atoms with van der Waals surface area (Å²) in [6.07, 6.45) is 0. The molecule has 4 heteroatoms. The molecule has 0 fully saturated rings. The molecule has 0 spiro atoms. The number of para-hydroxylation sites is 3. The van der Waals surface area contributed by atoms with Crippen molar-refractivity contribution in [1.29, 1.82) is 0 Å². The molecule has 0 radical (unpaired) electrons. The lowest BCUT2D eigenvalue weighted by molar-refractivity contribution is 1.18. The van der Waals surface area contributed by atoms with Crippen LogP contribution in [0.2, 0.25) is 0 Å². The maximum absolute atomic E-state index is 5.36. The van der Waals surface area contributed by atoms with Crippen molar-refractivity contribution < 1.29 is 0 Å². The van der Waals surface area contributed by atoms with E-state index in [2.05, 4.69) is 223 Å². The maximum Gasteiger partial charge on any atom is 0.160 e. The Kier molecular flexibility index (Phi) is 8.79. The third-order valence-corrected chi connectivity index (χ3v) is 12.2. The molecule has 0 atom stereocenters. The molecule has 0 aliphatic heterocycles. The molecule has 0 unspecified atom stereocenters. The first kappa shape index (κ1) is 36.4. The Morgan fingerprint density at radius 3 is 1.46 bits per heavy atom. The molecule has 294 valence electrons. The summed E-state index contributed by atoms with van der Waals surface area (Å²) in [5, 5.41) is 5.91. The van der Waals surface area contributed by atoms with Crippen LogP contribution in [0, 0.1) is 0 Å². The van der Waals surface area contributed by atoms with E-state index in [4.69, 9.17) is 15.0 Å². The third-order valence-electron chi connectivity index (χ3n) is 12.2. The average Bonchev–Trinajstić information content (AvgIpc) is 3.71. The summed E-state index contributed by atoms with van der Waals surface area (Å²) >= 11 is 0. The molecular weight excluding hydrogens is 765 g/mol. The Morgan fingerprint density at radius 1 is 0.286 bits per heavy atom. The topological polar surface area (TPSA) is 43.6 Å². The van der Waals surface area contributed by atoms with Crippen LogP contribution in [0.3, 0.4) is 0 Å². The van der Waals surface area contributed by atoms with Crippen molar-refractivity contribution in [3.05, 3.63) is 231 Å². The van der Waals surface area contributed by atoms with Crippen LogP contribution in [0.5, 0.6) is 0 Å². The number of hydrogen-bond acceptors (Lipinski definition) is 3. The van der Waals surface area contributed by atoms with Gasteiger partial charge in [-0.1, -0.05) is 182 Å². The third kappa shape index (κ3) is 6.44. The van der Waals surface area contributed by atoms with Crippen LogP contribution in [0.4, 0.5) is 0 Å². The summed E-state index contributed by atoms with van der Waals surface area (Å²) in [5.41, 5.74) is 15.8. The summed E-state index contributed by atoms with van der Waals surface area (Å²) in [6.45, 7) is 0. The van der Waals surface area contributed by atoms with E-state index in [1.54, 1.807) is 0 Å². The molecule has 0 amide bonds. The molecule has 63 heavy (non-hydrogen) atoms. The molecule has 3 heterocycles. The minimum atomic E-state index is 0.663. The van der Waals surface area contributed by atoms with Crippen molar-refractivity contribution >= 4 is 43.5 Å². The number of pyridine rings is 1. The molecule has 0 aliphatic rings. The van der Waals surface area contributed by atoms with Crippen LogP contribution in [0.1, 0.15) is 0 Å². The molecular formula is C59H38N4. The summed E-state index contributed by atoms with van der Waals surface area (Å²) in [5.74, 6) is 0.663. The Balaban J connectivity index is 1.02. The van der Waals surface area contributed by atoms with Gasteiger partial charge >= 0.3 is 0 Å². The number of rotatable bonds is 7. The molecule has 0 bridgehead atoms. The Labute approximate surface area is 365 Å². The highest BCUT2D eigenvalue weighted by Gasteiger charge is 2.20. The molecule has 4 nitrogen and oxygen atoms in total. The molecule has 9 aromatic carbocycles. The lowest BCUT2D eigenvalue weighted by atomic mass is 9.95. The lowest BCUT2D eigenvalue weighted by Gasteiger charge is -2.14. The second kappa shape index (κ2) is 15.2. The van der Waals surface area contributed by atoms with Crippen LogP contribution in [0.15, 0.2) is 231 Å². The molecule has 12 rings (SSSR count). The van der Waals surface area contributed by atoms with Gasteiger partial charge in [0, 0.05) is 54.9 Å². The van der Waals surface area contributed by atoms with Crippen molar-refractivity contribution in [1.82, 2.24) is 19.5 Å². The molecule has 3 aromatic heterocycles. The van der Waals surface area contributed by atoms with Gasteiger partial charge in [-0.05, 0) is 70.8 Å². The summed E-state index contributed by atoms with van der Waals surface area (Å²) in [4.78, 5) is 15.9. The molecule has 12 aromatic rings. The van der Waals surface area contributed by atoms with Crippen LogP contribution >= 0.6 is 0 Å². The zero-order valence-corrected chi connectivity index (χ0v) is 34.2. The normalized spacial score (nSPS) is 11.5. The number of benzene rings is 9. The highest BCUT2D eigenvalue weighted by atomic mass is 15.0. The number of aromatic nitrogens is 4. The predicted octanol–water partition coefficient (Wildman–Crippen LogP) is 15.3. The Hall–Kier alpha value is -8.47.